The molecule has 2 rings (SSSR count). The summed E-state index contributed by atoms with van der Waals surface area (Å²) in [6.07, 6.45) is 0. The van der Waals surface area contributed by atoms with Crippen molar-refractivity contribution in [2.24, 2.45) is 0 Å². The highest BCUT2D eigenvalue weighted by molar-refractivity contribution is 6.33. The maximum absolute atomic E-state index is 11.9. The molecule has 0 aliphatic rings. The molecule has 24 heavy (non-hydrogen) atoms. The van der Waals surface area contributed by atoms with Crippen molar-refractivity contribution in [3.63, 3.8) is 0 Å². The topological polar surface area (TPSA) is 64.6 Å². The summed E-state index contributed by atoms with van der Waals surface area (Å²) in [5.74, 6) is -0.280. The highest BCUT2D eigenvalue weighted by Crippen LogP contribution is 2.18. The highest BCUT2D eigenvalue weighted by atomic mass is 35.5. The zero-order valence-corrected chi connectivity index (χ0v) is 14.2. The van der Waals surface area contributed by atoms with E-state index < -0.39 is 11.9 Å². The molecule has 0 saturated heterocycles. The second kappa shape index (κ2) is 8.36. The summed E-state index contributed by atoms with van der Waals surface area (Å²) < 4.78 is 10.1. The smallest absolute Gasteiger partial charge is 0.340 e. The molecule has 1 atom stereocenters. The second-order valence-corrected chi connectivity index (χ2v) is 5.53. The van der Waals surface area contributed by atoms with Crippen LogP contribution in [0.25, 0.3) is 0 Å². The Kier molecular flexibility index (Phi) is 6.21. The van der Waals surface area contributed by atoms with Crippen LogP contribution in [0, 0.1) is 0 Å². The van der Waals surface area contributed by atoms with Gasteiger partial charge in [0.25, 0.3) is 5.91 Å². The molecule has 2 aromatic rings. The molecule has 0 aliphatic heterocycles. The SMILES string of the molecule is COc1ccc(C(C)NC(=O)COC(=O)c2ccccc2Cl)cc1. The van der Waals surface area contributed by atoms with Crippen molar-refractivity contribution >= 4 is 23.5 Å². The Morgan fingerprint density at radius 3 is 2.42 bits per heavy atom. The number of carbonyl (C=O) groups is 2. The minimum atomic E-state index is -0.632. The maximum Gasteiger partial charge on any atom is 0.340 e. The Bertz CT molecular complexity index is 715. The van der Waals surface area contributed by atoms with Crippen LogP contribution in [0.4, 0.5) is 0 Å². The number of methoxy groups -OCH3 is 1. The number of ether oxygens (including phenoxy) is 2. The molecule has 1 unspecified atom stereocenters. The van der Waals surface area contributed by atoms with Gasteiger partial charge in [0, 0.05) is 0 Å². The maximum atomic E-state index is 11.9. The van der Waals surface area contributed by atoms with E-state index in [4.69, 9.17) is 21.1 Å². The molecule has 0 fully saturated rings. The van der Waals surface area contributed by atoms with E-state index in [9.17, 15) is 9.59 Å². The molecule has 0 spiro atoms. The van der Waals surface area contributed by atoms with Crippen LogP contribution in [0.2, 0.25) is 5.02 Å². The van der Waals surface area contributed by atoms with Crippen LogP contribution in [-0.4, -0.2) is 25.6 Å². The van der Waals surface area contributed by atoms with Gasteiger partial charge < -0.3 is 14.8 Å². The minimum absolute atomic E-state index is 0.220. The summed E-state index contributed by atoms with van der Waals surface area (Å²) in [4.78, 5) is 23.8. The third-order valence-electron chi connectivity index (χ3n) is 3.42. The number of carbonyl (C=O) groups excluding carboxylic acids is 2. The van der Waals surface area contributed by atoms with Crippen molar-refractivity contribution in [3.05, 3.63) is 64.7 Å². The van der Waals surface area contributed by atoms with E-state index in [1.54, 1.807) is 31.4 Å². The molecule has 1 amide bonds. The summed E-state index contributed by atoms with van der Waals surface area (Å²) in [7, 11) is 1.59. The zero-order valence-electron chi connectivity index (χ0n) is 13.4. The van der Waals surface area contributed by atoms with Crippen LogP contribution in [0.5, 0.6) is 5.75 Å². The van der Waals surface area contributed by atoms with Gasteiger partial charge in [-0.3, -0.25) is 4.79 Å². The van der Waals surface area contributed by atoms with Crippen LogP contribution in [0.15, 0.2) is 48.5 Å². The normalized spacial score (nSPS) is 11.5. The van der Waals surface area contributed by atoms with E-state index in [0.717, 1.165) is 11.3 Å². The largest absolute Gasteiger partial charge is 0.497 e. The predicted molar refractivity (Wildman–Crippen MR) is 91.3 cm³/mol. The van der Waals surface area contributed by atoms with Crippen LogP contribution in [-0.2, 0) is 9.53 Å². The minimum Gasteiger partial charge on any atom is -0.497 e. The summed E-state index contributed by atoms with van der Waals surface area (Å²) in [5.41, 5.74) is 1.15. The quantitative estimate of drug-likeness (QED) is 0.813. The predicted octanol–water partition coefficient (Wildman–Crippen LogP) is 3.38. The summed E-state index contributed by atoms with van der Waals surface area (Å²) >= 11 is 5.91. The molecule has 0 aliphatic carbocycles. The molecule has 6 heteroatoms. The molecule has 2 aromatic carbocycles. The molecule has 0 bridgehead atoms. The number of hydrogen-bond donors (Lipinski definition) is 1. The number of halogens is 1. The van der Waals surface area contributed by atoms with Gasteiger partial charge in [0.15, 0.2) is 6.61 Å². The first kappa shape index (κ1) is 17.8. The fraction of sp³-hybridized carbons (Fsp3) is 0.222. The molecule has 1 N–H and O–H groups in total. The highest BCUT2D eigenvalue weighted by Gasteiger charge is 2.15. The van der Waals surface area contributed by atoms with Crippen LogP contribution < -0.4 is 10.1 Å². The van der Waals surface area contributed by atoms with Crippen LogP contribution in [0.3, 0.4) is 0 Å². The van der Waals surface area contributed by atoms with Crippen LogP contribution in [0.1, 0.15) is 28.9 Å². The van der Waals surface area contributed by atoms with Gasteiger partial charge in [0.2, 0.25) is 0 Å². The van der Waals surface area contributed by atoms with Crippen molar-refractivity contribution in [2.45, 2.75) is 13.0 Å². The molecular weight excluding hydrogens is 330 g/mol. The monoisotopic (exact) mass is 347 g/mol. The summed E-state index contributed by atoms with van der Waals surface area (Å²) in [5, 5.41) is 3.05. The third-order valence-corrected chi connectivity index (χ3v) is 3.75. The van der Waals surface area contributed by atoms with Crippen LogP contribution >= 0.6 is 11.6 Å². The number of hydrogen-bond acceptors (Lipinski definition) is 4. The lowest BCUT2D eigenvalue weighted by atomic mass is 10.1. The van der Waals surface area contributed by atoms with Crippen molar-refractivity contribution < 1.29 is 19.1 Å². The van der Waals surface area contributed by atoms with E-state index in [0.29, 0.717) is 0 Å². The first-order chi connectivity index (χ1) is 11.5. The van der Waals surface area contributed by atoms with Crippen molar-refractivity contribution in [3.8, 4) is 5.75 Å². The van der Waals surface area contributed by atoms with Gasteiger partial charge in [-0.15, -0.1) is 0 Å². The van der Waals surface area contributed by atoms with E-state index >= 15 is 0 Å². The molecule has 0 aromatic heterocycles. The average Bonchev–Trinajstić information content (AvgIpc) is 2.60. The fourth-order valence-corrected chi connectivity index (χ4v) is 2.31. The number of rotatable bonds is 6. The standard InChI is InChI=1S/C18H18ClNO4/c1-12(13-7-9-14(23-2)10-8-13)20-17(21)11-24-18(22)15-5-3-4-6-16(15)19/h3-10,12H,11H2,1-2H3,(H,20,21). The van der Waals surface area contributed by atoms with Crippen molar-refractivity contribution in [1.82, 2.24) is 5.32 Å². The number of amides is 1. The lowest BCUT2D eigenvalue weighted by Gasteiger charge is -2.15. The van der Waals surface area contributed by atoms with E-state index in [1.165, 1.54) is 0 Å². The van der Waals surface area contributed by atoms with Gasteiger partial charge in [-0.25, -0.2) is 4.79 Å². The first-order valence-electron chi connectivity index (χ1n) is 7.36. The van der Waals surface area contributed by atoms with Gasteiger partial charge in [0.05, 0.1) is 23.7 Å². The average molecular weight is 348 g/mol. The van der Waals surface area contributed by atoms with Gasteiger partial charge in [0.1, 0.15) is 5.75 Å². The van der Waals surface area contributed by atoms with Crippen molar-refractivity contribution in [2.75, 3.05) is 13.7 Å². The molecular formula is C18H18ClNO4. The molecule has 0 heterocycles. The van der Waals surface area contributed by atoms with Gasteiger partial charge in [-0.05, 0) is 36.8 Å². The Balaban J connectivity index is 1.86. The Labute approximate surface area is 145 Å². The fourth-order valence-electron chi connectivity index (χ4n) is 2.09. The van der Waals surface area contributed by atoms with Gasteiger partial charge >= 0.3 is 5.97 Å². The van der Waals surface area contributed by atoms with Crippen molar-refractivity contribution in [1.29, 1.82) is 0 Å². The second-order valence-electron chi connectivity index (χ2n) is 5.12. The van der Waals surface area contributed by atoms with E-state index in [2.05, 4.69) is 5.32 Å². The lowest BCUT2D eigenvalue weighted by molar-refractivity contribution is -0.124. The summed E-state index contributed by atoms with van der Waals surface area (Å²) in [6, 6.07) is 13.6. The van der Waals surface area contributed by atoms with E-state index in [1.807, 2.05) is 31.2 Å². The number of esters is 1. The summed E-state index contributed by atoms with van der Waals surface area (Å²) in [6.45, 7) is 1.47. The first-order valence-corrected chi connectivity index (χ1v) is 7.74. The molecule has 5 nitrogen and oxygen atoms in total. The Hall–Kier alpha value is -2.53. The van der Waals surface area contributed by atoms with Gasteiger partial charge in [-0.2, -0.15) is 0 Å². The molecule has 0 saturated carbocycles. The number of benzene rings is 2. The van der Waals surface area contributed by atoms with E-state index in [-0.39, 0.29) is 23.2 Å². The molecule has 126 valence electrons. The number of nitrogens with one attached hydrogen (secondary N) is 1. The third kappa shape index (κ3) is 4.73. The lowest BCUT2D eigenvalue weighted by Crippen LogP contribution is -2.31. The Morgan fingerprint density at radius 1 is 1.12 bits per heavy atom. The molecule has 0 radical (unpaired) electrons. The Morgan fingerprint density at radius 2 is 1.79 bits per heavy atom. The zero-order chi connectivity index (χ0) is 17.5. The van der Waals surface area contributed by atoms with Gasteiger partial charge in [-0.1, -0.05) is 35.9 Å².